The Bertz CT molecular complexity index is 886. The summed E-state index contributed by atoms with van der Waals surface area (Å²) in [4.78, 5) is 23.3. The molecule has 0 aliphatic rings. The lowest BCUT2D eigenvalue weighted by molar-refractivity contribution is -0.134. The zero-order valence-electron chi connectivity index (χ0n) is 13.0. The molecule has 2 heterocycles. The summed E-state index contributed by atoms with van der Waals surface area (Å²) in [6.45, 7) is -0.300. The van der Waals surface area contributed by atoms with Gasteiger partial charge in [-0.3, -0.25) is 9.78 Å². The fourth-order valence-corrected chi connectivity index (χ4v) is 2.15. The maximum atomic E-state index is 10.8. The highest BCUT2D eigenvalue weighted by Gasteiger charge is 2.08. The number of aromatic hydroxyl groups is 1. The third-order valence-electron chi connectivity index (χ3n) is 3.22. The zero-order chi connectivity index (χ0) is 17.6. The molecule has 3 aromatic rings. The standard InChI is InChI=1S/C17H15N5O3/c23-13-3-1-2-12(8-13)20-15-9-14(11-4-6-18-7-5-11)21-17(22-15)19-10-16(24)25/h1-9,23H,10H2,(H,24,25)(H2,19,20,21,22). The van der Waals surface area contributed by atoms with Gasteiger partial charge in [0.2, 0.25) is 5.95 Å². The van der Waals surface area contributed by atoms with Gasteiger partial charge in [-0.05, 0) is 24.3 Å². The molecule has 0 radical (unpaired) electrons. The number of pyridine rings is 1. The van der Waals surface area contributed by atoms with Crippen molar-refractivity contribution in [1.82, 2.24) is 15.0 Å². The number of hydrogen-bond donors (Lipinski definition) is 4. The molecule has 0 atom stereocenters. The van der Waals surface area contributed by atoms with Crippen molar-refractivity contribution in [3.63, 3.8) is 0 Å². The van der Waals surface area contributed by atoms with Crippen LogP contribution in [0.3, 0.4) is 0 Å². The molecule has 0 spiro atoms. The average Bonchev–Trinajstić information content (AvgIpc) is 2.60. The van der Waals surface area contributed by atoms with Gasteiger partial charge in [0.15, 0.2) is 0 Å². The quantitative estimate of drug-likeness (QED) is 0.541. The van der Waals surface area contributed by atoms with Crippen LogP contribution in [0.4, 0.5) is 17.5 Å². The fourth-order valence-electron chi connectivity index (χ4n) is 2.15. The molecule has 1 aromatic carbocycles. The Morgan fingerprint density at radius 1 is 1.08 bits per heavy atom. The lowest BCUT2D eigenvalue weighted by Crippen LogP contribution is -2.15. The number of benzene rings is 1. The number of carboxylic acid groups (broad SMARTS) is 1. The van der Waals surface area contributed by atoms with Crippen LogP contribution in [0.25, 0.3) is 11.3 Å². The number of aliphatic carboxylic acids is 1. The van der Waals surface area contributed by atoms with E-state index in [2.05, 4.69) is 25.6 Å². The molecular formula is C17H15N5O3. The summed E-state index contributed by atoms with van der Waals surface area (Å²) in [5.74, 6) is -0.252. The molecule has 0 saturated heterocycles. The molecule has 0 aliphatic carbocycles. The first-order valence-electron chi connectivity index (χ1n) is 7.41. The third-order valence-corrected chi connectivity index (χ3v) is 3.22. The van der Waals surface area contributed by atoms with Crippen LogP contribution in [-0.4, -0.2) is 37.7 Å². The van der Waals surface area contributed by atoms with E-state index in [0.717, 1.165) is 5.56 Å². The molecule has 126 valence electrons. The summed E-state index contributed by atoms with van der Waals surface area (Å²) in [5, 5.41) is 24.1. The molecule has 2 aromatic heterocycles. The van der Waals surface area contributed by atoms with Crippen molar-refractivity contribution in [2.24, 2.45) is 0 Å². The molecule has 0 fully saturated rings. The van der Waals surface area contributed by atoms with E-state index in [4.69, 9.17) is 5.11 Å². The molecule has 0 saturated carbocycles. The van der Waals surface area contributed by atoms with Crippen LogP contribution in [-0.2, 0) is 4.79 Å². The minimum Gasteiger partial charge on any atom is -0.508 e. The van der Waals surface area contributed by atoms with Gasteiger partial charge >= 0.3 is 5.97 Å². The van der Waals surface area contributed by atoms with E-state index in [-0.39, 0.29) is 18.2 Å². The first kappa shape index (κ1) is 16.2. The highest BCUT2D eigenvalue weighted by Crippen LogP contribution is 2.24. The first-order valence-corrected chi connectivity index (χ1v) is 7.41. The van der Waals surface area contributed by atoms with E-state index in [1.807, 2.05) is 0 Å². The third kappa shape index (κ3) is 4.41. The van der Waals surface area contributed by atoms with E-state index in [1.165, 1.54) is 0 Å². The molecule has 0 aliphatic heterocycles. The lowest BCUT2D eigenvalue weighted by Gasteiger charge is -2.11. The second kappa shape index (κ2) is 7.26. The van der Waals surface area contributed by atoms with Gasteiger partial charge in [-0.2, -0.15) is 4.98 Å². The summed E-state index contributed by atoms with van der Waals surface area (Å²) in [6.07, 6.45) is 3.29. The van der Waals surface area contributed by atoms with E-state index in [9.17, 15) is 9.90 Å². The minimum atomic E-state index is -1.01. The maximum Gasteiger partial charge on any atom is 0.322 e. The van der Waals surface area contributed by atoms with E-state index < -0.39 is 5.97 Å². The molecule has 3 rings (SSSR count). The number of nitrogens with zero attached hydrogens (tertiary/aromatic N) is 3. The number of phenolic OH excluding ortho intramolecular Hbond substituents is 1. The van der Waals surface area contributed by atoms with Gasteiger partial charge in [-0.25, -0.2) is 4.98 Å². The first-order chi connectivity index (χ1) is 12.1. The Labute approximate surface area is 143 Å². The Morgan fingerprint density at radius 2 is 1.88 bits per heavy atom. The number of aromatic nitrogens is 3. The molecule has 8 nitrogen and oxygen atoms in total. The number of carboxylic acids is 1. The predicted molar refractivity (Wildman–Crippen MR) is 92.8 cm³/mol. The normalized spacial score (nSPS) is 10.2. The van der Waals surface area contributed by atoms with Crippen molar-refractivity contribution in [3.8, 4) is 17.0 Å². The highest BCUT2D eigenvalue weighted by atomic mass is 16.4. The number of nitrogens with one attached hydrogen (secondary N) is 2. The van der Waals surface area contributed by atoms with E-state index in [0.29, 0.717) is 17.2 Å². The Morgan fingerprint density at radius 3 is 2.60 bits per heavy atom. The summed E-state index contributed by atoms with van der Waals surface area (Å²) >= 11 is 0. The lowest BCUT2D eigenvalue weighted by atomic mass is 10.2. The van der Waals surface area contributed by atoms with Crippen LogP contribution < -0.4 is 10.6 Å². The van der Waals surface area contributed by atoms with Crippen molar-refractivity contribution in [2.45, 2.75) is 0 Å². The summed E-state index contributed by atoms with van der Waals surface area (Å²) < 4.78 is 0. The van der Waals surface area contributed by atoms with Crippen molar-refractivity contribution in [2.75, 3.05) is 17.2 Å². The molecular weight excluding hydrogens is 322 g/mol. The van der Waals surface area contributed by atoms with Gasteiger partial charge in [0.1, 0.15) is 18.1 Å². The van der Waals surface area contributed by atoms with Crippen molar-refractivity contribution in [1.29, 1.82) is 0 Å². The number of anilines is 3. The number of rotatable bonds is 6. The zero-order valence-corrected chi connectivity index (χ0v) is 13.0. The van der Waals surface area contributed by atoms with Gasteiger partial charge in [0.05, 0.1) is 5.69 Å². The smallest absolute Gasteiger partial charge is 0.322 e. The van der Waals surface area contributed by atoms with Crippen molar-refractivity contribution < 1.29 is 15.0 Å². The van der Waals surface area contributed by atoms with Gasteiger partial charge in [-0.15, -0.1) is 0 Å². The van der Waals surface area contributed by atoms with Crippen LogP contribution in [0.15, 0.2) is 54.9 Å². The topological polar surface area (TPSA) is 120 Å². The highest BCUT2D eigenvalue weighted by molar-refractivity contribution is 5.73. The fraction of sp³-hybridized carbons (Fsp3) is 0.0588. The van der Waals surface area contributed by atoms with Gasteiger partial charge in [0.25, 0.3) is 0 Å². The van der Waals surface area contributed by atoms with E-state index in [1.54, 1.807) is 54.9 Å². The summed E-state index contributed by atoms with van der Waals surface area (Å²) in [7, 11) is 0. The number of phenols is 1. The minimum absolute atomic E-state index is 0.123. The van der Waals surface area contributed by atoms with Crippen LogP contribution in [0.2, 0.25) is 0 Å². The molecule has 25 heavy (non-hydrogen) atoms. The summed E-state index contributed by atoms with van der Waals surface area (Å²) in [6, 6.07) is 11.9. The van der Waals surface area contributed by atoms with Gasteiger partial charge in [-0.1, -0.05) is 6.07 Å². The monoisotopic (exact) mass is 337 g/mol. The predicted octanol–water partition coefficient (Wildman–Crippen LogP) is 2.48. The van der Waals surface area contributed by atoms with Crippen molar-refractivity contribution >= 4 is 23.4 Å². The summed E-state index contributed by atoms with van der Waals surface area (Å²) in [5.41, 5.74) is 2.06. The number of carbonyl (C=O) groups is 1. The maximum absolute atomic E-state index is 10.8. The molecule has 0 bridgehead atoms. The molecule has 8 heteroatoms. The Kier molecular flexibility index (Phi) is 4.70. The molecule has 0 amide bonds. The van der Waals surface area contributed by atoms with Crippen LogP contribution in [0.1, 0.15) is 0 Å². The van der Waals surface area contributed by atoms with Crippen LogP contribution in [0.5, 0.6) is 5.75 Å². The largest absolute Gasteiger partial charge is 0.508 e. The van der Waals surface area contributed by atoms with Crippen molar-refractivity contribution in [3.05, 3.63) is 54.9 Å². The molecule has 0 unspecified atom stereocenters. The SMILES string of the molecule is O=C(O)CNc1nc(Nc2cccc(O)c2)cc(-c2ccncc2)n1. The molecule has 4 N–H and O–H groups in total. The average molecular weight is 337 g/mol. The second-order valence-corrected chi connectivity index (χ2v) is 5.12. The number of hydrogen-bond acceptors (Lipinski definition) is 7. The Hall–Kier alpha value is -3.68. The Balaban J connectivity index is 1.95. The van der Waals surface area contributed by atoms with Crippen LogP contribution in [0, 0.1) is 0 Å². The van der Waals surface area contributed by atoms with Gasteiger partial charge in [0, 0.05) is 35.8 Å². The van der Waals surface area contributed by atoms with Gasteiger partial charge < -0.3 is 20.8 Å². The van der Waals surface area contributed by atoms with E-state index >= 15 is 0 Å². The van der Waals surface area contributed by atoms with Crippen LogP contribution >= 0.6 is 0 Å². The second-order valence-electron chi connectivity index (χ2n) is 5.12.